The lowest BCUT2D eigenvalue weighted by molar-refractivity contribution is -0.173. The molecule has 0 aliphatic carbocycles. The molecule has 0 atom stereocenters. The Morgan fingerprint density at radius 3 is 1.18 bits per heavy atom. The number of benzene rings is 3. The summed E-state index contributed by atoms with van der Waals surface area (Å²) in [6.45, 7) is 6.68. The van der Waals surface area contributed by atoms with Crippen LogP contribution in [-0.2, 0) is 29.2 Å². The fourth-order valence-electron chi connectivity index (χ4n) is 3.68. The number of halogens is 9. The highest BCUT2D eigenvalue weighted by atomic mass is 19.4. The van der Waals surface area contributed by atoms with Gasteiger partial charge in [-0.2, -0.15) is 44.6 Å². The molecule has 3 aromatic carbocycles. The van der Waals surface area contributed by atoms with Crippen LogP contribution in [0.4, 0.5) is 56.6 Å². The number of carbonyl (C=O) groups excluding carboxylic acids is 2. The zero-order valence-electron chi connectivity index (χ0n) is 30.8. The first kappa shape index (κ1) is 50.0. The van der Waals surface area contributed by atoms with Crippen molar-refractivity contribution >= 4 is 55.7 Å². The van der Waals surface area contributed by atoms with E-state index in [9.17, 15) is 49.1 Å². The second-order valence-corrected chi connectivity index (χ2v) is 11.7. The Bertz CT molecular complexity index is 1640. The number of amides is 2. The number of hydrazone groups is 1. The zero-order valence-corrected chi connectivity index (χ0v) is 30.8. The standard InChI is InChI=1S/C11H15BF3N3O.2C10H13BF3N3O2/c1-8(11(13,14)15)17-18-10-5-3-4-9(6-10)7-16-12(2)19;2*1-11(19)15-6-7-3-2-4-8(5-7)16-17-9(18)10(12,13)14/h3-6,16,18-19H,7H2,1-2H3;2*2-5,15-16,19H,6H2,1H3,(H,17,18)/b17-8+;;. The van der Waals surface area contributed by atoms with E-state index in [1.165, 1.54) is 12.1 Å². The fourth-order valence-corrected chi connectivity index (χ4v) is 3.68. The minimum atomic E-state index is -4.93. The monoisotopic (exact) mass is 823 g/mol. The maximum atomic E-state index is 12.2. The van der Waals surface area contributed by atoms with Crippen LogP contribution in [0.15, 0.2) is 77.9 Å². The lowest BCUT2D eigenvalue weighted by atomic mass is 9.88. The number of hydrazine groups is 2. The van der Waals surface area contributed by atoms with Crippen LogP contribution in [0.3, 0.4) is 0 Å². The molecule has 3 rings (SSSR count). The van der Waals surface area contributed by atoms with E-state index in [2.05, 4.69) is 37.1 Å². The Balaban J connectivity index is 0.000000427. The summed E-state index contributed by atoms with van der Waals surface area (Å²) in [5, 5.41) is 38.7. The van der Waals surface area contributed by atoms with Gasteiger partial charge in [-0.1, -0.05) is 36.4 Å². The molecule has 14 nitrogen and oxygen atoms in total. The van der Waals surface area contributed by atoms with Crippen molar-refractivity contribution in [3.8, 4) is 0 Å². The normalized spacial score (nSPS) is 11.5. The second-order valence-electron chi connectivity index (χ2n) is 11.7. The van der Waals surface area contributed by atoms with Gasteiger partial charge in [0.2, 0.25) is 0 Å². The molecule has 0 bridgehead atoms. The van der Waals surface area contributed by atoms with E-state index < -0.39 is 57.2 Å². The second kappa shape index (κ2) is 23.9. The van der Waals surface area contributed by atoms with Crippen LogP contribution in [0.2, 0.25) is 20.5 Å². The summed E-state index contributed by atoms with van der Waals surface area (Å²) < 4.78 is 108. The average molecular weight is 823 g/mol. The SMILES string of the molecule is CB(O)NCc1cccc(N/N=C(\C)C(F)(F)F)c1.CB(O)NCc1cccc(NNC(=O)C(F)(F)F)c1.CB(O)NCc1cccc(NNC(=O)C(F)(F)F)c1. The molecule has 0 aromatic heterocycles. The molecule has 57 heavy (non-hydrogen) atoms. The van der Waals surface area contributed by atoms with E-state index in [0.29, 0.717) is 36.7 Å². The molecule has 0 heterocycles. The van der Waals surface area contributed by atoms with Gasteiger partial charge in [0.25, 0.3) is 0 Å². The van der Waals surface area contributed by atoms with E-state index in [-0.39, 0.29) is 0 Å². The molecule has 0 unspecified atom stereocenters. The molecule has 312 valence electrons. The Hall–Kier alpha value is -5.01. The minimum Gasteiger partial charge on any atom is -0.437 e. The predicted molar refractivity (Wildman–Crippen MR) is 200 cm³/mol. The molecule has 0 saturated heterocycles. The van der Waals surface area contributed by atoms with Crippen LogP contribution < -0.4 is 42.8 Å². The van der Waals surface area contributed by atoms with Gasteiger partial charge in [-0.25, -0.2) is 0 Å². The highest BCUT2D eigenvalue weighted by molar-refractivity contribution is 6.46. The predicted octanol–water partition coefficient (Wildman–Crippen LogP) is 4.02. The van der Waals surface area contributed by atoms with E-state index in [1.54, 1.807) is 92.0 Å². The van der Waals surface area contributed by atoms with Gasteiger partial charge in [-0.05, 0) is 80.5 Å². The first-order valence-electron chi connectivity index (χ1n) is 16.5. The summed E-state index contributed by atoms with van der Waals surface area (Å²) in [5.74, 6) is -4.14. The third-order valence-electron chi connectivity index (χ3n) is 6.50. The molecule has 26 heteroatoms. The Labute approximate surface area is 322 Å². The molecule has 0 fully saturated rings. The summed E-state index contributed by atoms with van der Waals surface area (Å²) in [7, 11) is -2.04. The number of hydrogen-bond donors (Lipinski definition) is 11. The van der Waals surface area contributed by atoms with Gasteiger partial charge < -0.3 is 30.8 Å². The number of nitrogens with one attached hydrogen (secondary N) is 8. The van der Waals surface area contributed by atoms with Crippen molar-refractivity contribution in [2.24, 2.45) is 5.10 Å². The van der Waals surface area contributed by atoms with Crippen molar-refractivity contribution in [2.75, 3.05) is 16.3 Å². The van der Waals surface area contributed by atoms with Crippen molar-refractivity contribution in [2.45, 2.75) is 65.6 Å². The molecule has 2 amide bonds. The number of rotatable bonds is 15. The van der Waals surface area contributed by atoms with E-state index in [4.69, 9.17) is 15.1 Å². The Kier molecular flexibility index (Phi) is 21.0. The van der Waals surface area contributed by atoms with Crippen LogP contribution in [-0.4, -0.2) is 72.3 Å². The van der Waals surface area contributed by atoms with Gasteiger partial charge in [0, 0.05) is 19.6 Å². The van der Waals surface area contributed by atoms with Crippen molar-refractivity contribution in [1.29, 1.82) is 0 Å². The van der Waals surface area contributed by atoms with Crippen LogP contribution in [0.1, 0.15) is 23.6 Å². The van der Waals surface area contributed by atoms with Crippen LogP contribution in [0, 0.1) is 0 Å². The molecule has 0 radical (unpaired) electrons. The molecule has 0 aliphatic rings. The third kappa shape index (κ3) is 23.0. The molecule has 11 N–H and O–H groups in total. The summed E-state index contributed by atoms with van der Waals surface area (Å²) in [6, 6.07) is 19.5. The highest BCUT2D eigenvalue weighted by Crippen LogP contribution is 2.19. The zero-order chi connectivity index (χ0) is 43.4. The molecular weight excluding hydrogens is 782 g/mol. The van der Waals surface area contributed by atoms with Gasteiger partial charge in [-0.3, -0.25) is 36.7 Å². The summed E-state index contributed by atoms with van der Waals surface area (Å²) in [6.07, 6.45) is -14.3. The highest BCUT2D eigenvalue weighted by Gasteiger charge is 2.39. The van der Waals surface area contributed by atoms with Crippen LogP contribution in [0.5, 0.6) is 0 Å². The van der Waals surface area contributed by atoms with Crippen molar-refractivity contribution in [3.05, 3.63) is 89.5 Å². The molecule has 0 aliphatic heterocycles. The van der Waals surface area contributed by atoms with Gasteiger partial charge in [0.15, 0.2) is 0 Å². The lowest BCUT2D eigenvalue weighted by Gasteiger charge is -2.11. The van der Waals surface area contributed by atoms with Gasteiger partial charge in [-0.15, -0.1) is 0 Å². The molecule has 0 saturated carbocycles. The quantitative estimate of drug-likeness (QED) is 0.0458. The van der Waals surface area contributed by atoms with Gasteiger partial charge in [0.05, 0.1) is 17.1 Å². The Morgan fingerprint density at radius 1 is 0.561 bits per heavy atom. The fraction of sp³-hybridized carbons (Fsp3) is 0.323. The molecule has 0 spiro atoms. The Morgan fingerprint density at radius 2 is 0.877 bits per heavy atom. The van der Waals surface area contributed by atoms with Gasteiger partial charge in [0.1, 0.15) is 5.71 Å². The number of nitrogens with zero attached hydrogens (tertiary/aromatic N) is 1. The molecule has 3 aromatic rings. The number of anilines is 3. The van der Waals surface area contributed by atoms with E-state index in [0.717, 1.165) is 23.6 Å². The van der Waals surface area contributed by atoms with E-state index >= 15 is 0 Å². The maximum absolute atomic E-state index is 12.2. The first-order chi connectivity index (χ1) is 26.4. The summed E-state index contributed by atoms with van der Waals surface area (Å²) >= 11 is 0. The average Bonchev–Trinajstić information content (AvgIpc) is 3.12. The van der Waals surface area contributed by atoms with Crippen molar-refractivity contribution in [3.63, 3.8) is 0 Å². The largest absolute Gasteiger partial charge is 0.472 e. The summed E-state index contributed by atoms with van der Waals surface area (Å²) in [5.41, 5.74) is 12.2. The van der Waals surface area contributed by atoms with Crippen molar-refractivity contribution in [1.82, 2.24) is 26.5 Å². The first-order valence-corrected chi connectivity index (χ1v) is 16.5. The van der Waals surface area contributed by atoms with Gasteiger partial charge >= 0.3 is 51.5 Å². The maximum Gasteiger partial charge on any atom is 0.472 e. The number of hydrogen-bond acceptors (Lipinski definition) is 12. The van der Waals surface area contributed by atoms with Crippen LogP contribution in [0.25, 0.3) is 0 Å². The topological polar surface area (TPSA) is 203 Å². The van der Waals surface area contributed by atoms with Crippen LogP contribution >= 0.6 is 0 Å². The smallest absolute Gasteiger partial charge is 0.437 e. The minimum absolute atomic E-state index is 0.308. The number of alkyl halides is 9. The third-order valence-corrected chi connectivity index (χ3v) is 6.50. The summed E-state index contributed by atoms with van der Waals surface area (Å²) in [4.78, 5) is 21.2. The number of carbonyl (C=O) groups is 2. The molecular formula is C31H41B3F9N9O5. The van der Waals surface area contributed by atoms with Crippen molar-refractivity contribution < 1.29 is 64.2 Å². The lowest BCUT2D eigenvalue weighted by Crippen LogP contribution is -2.40. The van der Waals surface area contributed by atoms with E-state index in [1.807, 2.05) is 0 Å².